The third-order valence-electron chi connectivity index (χ3n) is 6.55. The van der Waals surface area contributed by atoms with E-state index in [9.17, 15) is 18.0 Å². The Morgan fingerprint density at radius 3 is 2.53 bits per heavy atom. The van der Waals surface area contributed by atoms with E-state index in [1.807, 2.05) is 0 Å². The van der Waals surface area contributed by atoms with Crippen LogP contribution in [0.5, 0.6) is 5.75 Å². The Hall–Kier alpha value is -2.17. The van der Waals surface area contributed by atoms with Crippen molar-refractivity contribution in [2.45, 2.75) is 51.0 Å². The minimum absolute atomic E-state index is 0.00628. The first-order valence-electron chi connectivity index (χ1n) is 11.8. The average Bonchev–Trinajstić information content (AvgIpc) is 2.82. The molecule has 9 nitrogen and oxygen atoms in total. The van der Waals surface area contributed by atoms with Crippen molar-refractivity contribution in [3.05, 3.63) is 23.8 Å². The van der Waals surface area contributed by atoms with Gasteiger partial charge in [0.25, 0.3) is 0 Å². The van der Waals surface area contributed by atoms with Gasteiger partial charge in [0, 0.05) is 13.1 Å². The van der Waals surface area contributed by atoms with Gasteiger partial charge >= 0.3 is 11.9 Å². The third-order valence-corrected chi connectivity index (χ3v) is 8.47. The van der Waals surface area contributed by atoms with E-state index in [1.165, 1.54) is 29.6 Å². The van der Waals surface area contributed by atoms with Crippen molar-refractivity contribution in [2.75, 3.05) is 40.0 Å². The van der Waals surface area contributed by atoms with Gasteiger partial charge in [-0.3, -0.25) is 0 Å². The van der Waals surface area contributed by atoms with Gasteiger partial charge in [-0.25, -0.2) is 18.0 Å². The molecule has 0 N–H and O–H groups in total. The summed E-state index contributed by atoms with van der Waals surface area (Å²) in [6, 6.07) is 4.02. The van der Waals surface area contributed by atoms with Crippen LogP contribution in [0.1, 0.15) is 50.4 Å². The molecule has 10 heteroatoms. The first-order valence-corrected chi connectivity index (χ1v) is 13.2. The SMILES string of the molecule is COc1ccc(C(=O)OCC(=O)O[C@@H]2C[C@H](C)CC[C@H]2C(C)C)cc1S(=O)(=O)N1CCOCC1. The van der Waals surface area contributed by atoms with Crippen molar-refractivity contribution in [1.82, 2.24) is 4.31 Å². The number of methoxy groups -OCH3 is 1. The van der Waals surface area contributed by atoms with Crippen LogP contribution in [0, 0.1) is 17.8 Å². The molecule has 0 spiro atoms. The lowest BCUT2D eigenvalue weighted by molar-refractivity contribution is -0.159. The molecule has 1 aliphatic heterocycles. The maximum absolute atomic E-state index is 13.1. The van der Waals surface area contributed by atoms with E-state index in [2.05, 4.69) is 20.8 Å². The van der Waals surface area contributed by atoms with Gasteiger partial charge in [-0.05, 0) is 48.8 Å². The summed E-state index contributed by atoms with van der Waals surface area (Å²) in [5.74, 6) is -0.150. The van der Waals surface area contributed by atoms with E-state index in [4.69, 9.17) is 18.9 Å². The molecule has 0 radical (unpaired) electrons. The number of carbonyl (C=O) groups excluding carboxylic acids is 2. The summed E-state index contributed by atoms with van der Waals surface area (Å²) < 4.78 is 48.8. The lowest BCUT2D eigenvalue weighted by atomic mass is 9.75. The molecular formula is C24H35NO8S. The maximum atomic E-state index is 13.1. The van der Waals surface area contributed by atoms with E-state index < -0.39 is 28.6 Å². The van der Waals surface area contributed by atoms with Gasteiger partial charge in [-0.2, -0.15) is 4.31 Å². The zero-order valence-electron chi connectivity index (χ0n) is 20.3. The van der Waals surface area contributed by atoms with Crippen LogP contribution in [0.4, 0.5) is 0 Å². The molecule has 1 heterocycles. The molecule has 1 aromatic carbocycles. The minimum atomic E-state index is -3.90. The number of hydrogen-bond donors (Lipinski definition) is 0. The van der Waals surface area contributed by atoms with Crippen LogP contribution >= 0.6 is 0 Å². The Morgan fingerprint density at radius 2 is 1.88 bits per heavy atom. The van der Waals surface area contributed by atoms with Gasteiger partial charge in [-0.15, -0.1) is 0 Å². The summed E-state index contributed by atoms with van der Waals surface area (Å²) in [5, 5.41) is 0. The maximum Gasteiger partial charge on any atom is 0.344 e. The molecule has 3 rings (SSSR count). The lowest BCUT2D eigenvalue weighted by Gasteiger charge is -2.36. The van der Waals surface area contributed by atoms with Crippen molar-refractivity contribution in [3.8, 4) is 5.75 Å². The number of benzene rings is 1. The van der Waals surface area contributed by atoms with Gasteiger partial charge in [-0.1, -0.05) is 27.2 Å². The Labute approximate surface area is 201 Å². The van der Waals surface area contributed by atoms with E-state index in [1.54, 1.807) is 0 Å². The molecule has 2 fully saturated rings. The third kappa shape index (κ3) is 6.28. The molecule has 0 aromatic heterocycles. The molecule has 0 bridgehead atoms. The fourth-order valence-corrected chi connectivity index (χ4v) is 6.18. The minimum Gasteiger partial charge on any atom is -0.495 e. The van der Waals surface area contributed by atoms with Crippen LogP contribution in [0.25, 0.3) is 0 Å². The second-order valence-corrected chi connectivity index (χ2v) is 11.2. The predicted molar refractivity (Wildman–Crippen MR) is 124 cm³/mol. The summed E-state index contributed by atoms with van der Waals surface area (Å²) in [6.07, 6.45) is 2.72. The van der Waals surface area contributed by atoms with Crippen LogP contribution in [0.2, 0.25) is 0 Å². The second kappa shape index (κ2) is 11.5. The van der Waals surface area contributed by atoms with E-state index in [0.29, 0.717) is 25.0 Å². The van der Waals surface area contributed by atoms with Crippen molar-refractivity contribution >= 4 is 22.0 Å². The van der Waals surface area contributed by atoms with Gasteiger partial charge in [0.15, 0.2) is 6.61 Å². The number of hydrogen-bond acceptors (Lipinski definition) is 8. The highest BCUT2D eigenvalue weighted by molar-refractivity contribution is 7.89. The molecule has 1 aromatic rings. The van der Waals surface area contributed by atoms with Gasteiger partial charge < -0.3 is 18.9 Å². The number of nitrogens with zero attached hydrogens (tertiary/aromatic N) is 1. The monoisotopic (exact) mass is 497 g/mol. The molecule has 0 amide bonds. The Kier molecular flexibility index (Phi) is 8.95. The molecule has 3 atom stereocenters. The number of ether oxygens (including phenoxy) is 4. The smallest absolute Gasteiger partial charge is 0.344 e. The highest BCUT2D eigenvalue weighted by Gasteiger charge is 2.34. The highest BCUT2D eigenvalue weighted by Crippen LogP contribution is 2.35. The predicted octanol–water partition coefficient (Wildman–Crippen LogP) is 2.88. The highest BCUT2D eigenvalue weighted by atomic mass is 32.2. The number of esters is 2. The quantitative estimate of drug-likeness (QED) is 0.505. The molecule has 0 unspecified atom stereocenters. The molecule has 1 saturated carbocycles. The van der Waals surface area contributed by atoms with Crippen molar-refractivity contribution in [2.24, 2.45) is 17.8 Å². The van der Waals surface area contributed by atoms with Crippen LogP contribution in [0.15, 0.2) is 23.1 Å². The average molecular weight is 498 g/mol. The Balaban J connectivity index is 1.66. The number of rotatable bonds is 8. The van der Waals surface area contributed by atoms with Crippen molar-refractivity contribution < 1.29 is 37.0 Å². The van der Waals surface area contributed by atoms with Crippen molar-refractivity contribution in [3.63, 3.8) is 0 Å². The lowest BCUT2D eigenvalue weighted by Crippen LogP contribution is -2.40. The van der Waals surface area contributed by atoms with Crippen LogP contribution in [-0.4, -0.2) is 70.8 Å². The summed E-state index contributed by atoms with van der Waals surface area (Å²) in [4.78, 5) is 24.9. The van der Waals surface area contributed by atoms with Gasteiger partial charge in [0.05, 0.1) is 25.9 Å². The van der Waals surface area contributed by atoms with E-state index >= 15 is 0 Å². The molecule has 1 aliphatic carbocycles. The standard InChI is InChI=1S/C24H35NO8S/c1-16(2)19-7-5-17(3)13-21(19)33-23(26)15-32-24(27)18-6-8-20(30-4)22(14-18)34(28,29)25-9-11-31-12-10-25/h6,8,14,16-17,19,21H,5,7,9-13,15H2,1-4H3/t17-,19+,21-/m1/s1. The van der Waals surface area contributed by atoms with Gasteiger partial charge in [0.1, 0.15) is 16.7 Å². The topological polar surface area (TPSA) is 108 Å². The van der Waals surface area contributed by atoms with Gasteiger partial charge in [0.2, 0.25) is 10.0 Å². The first-order chi connectivity index (χ1) is 16.1. The Bertz CT molecular complexity index is 971. The first kappa shape index (κ1) is 26.4. The molecular weight excluding hydrogens is 462 g/mol. The second-order valence-electron chi connectivity index (χ2n) is 9.31. The summed E-state index contributed by atoms with van der Waals surface area (Å²) in [5.41, 5.74) is 0.00628. The Morgan fingerprint density at radius 1 is 1.18 bits per heavy atom. The van der Waals surface area contributed by atoms with Crippen LogP contribution < -0.4 is 4.74 Å². The molecule has 34 heavy (non-hydrogen) atoms. The fourth-order valence-electron chi connectivity index (χ4n) is 4.59. The molecule has 2 aliphatic rings. The van der Waals surface area contributed by atoms with Crippen molar-refractivity contribution in [1.29, 1.82) is 0 Å². The summed E-state index contributed by atoms with van der Waals surface area (Å²) in [7, 11) is -2.54. The number of sulfonamides is 1. The van der Waals surface area contributed by atoms with E-state index in [-0.39, 0.29) is 41.3 Å². The normalized spacial score (nSPS) is 24.0. The largest absolute Gasteiger partial charge is 0.495 e. The van der Waals surface area contributed by atoms with Crippen LogP contribution in [0.3, 0.4) is 0 Å². The molecule has 190 valence electrons. The summed E-state index contributed by atoms with van der Waals surface area (Å²) >= 11 is 0. The van der Waals surface area contributed by atoms with Crippen LogP contribution in [-0.2, 0) is 29.0 Å². The zero-order chi connectivity index (χ0) is 24.9. The summed E-state index contributed by atoms with van der Waals surface area (Å²) in [6.45, 7) is 6.86. The fraction of sp³-hybridized carbons (Fsp3) is 0.667. The molecule has 1 saturated heterocycles. The number of morpholine rings is 1. The van der Waals surface area contributed by atoms with E-state index in [0.717, 1.165) is 19.3 Å². The zero-order valence-corrected chi connectivity index (χ0v) is 21.1. The number of carbonyl (C=O) groups is 2.